The number of hydrogen-bond acceptors (Lipinski definition) is 6. The maximum Gasteiger partial charge on any atom is 0.244 e. The fourth-order valence-corrected chi connectivity index (χ4v) is 5.63. The molecule has 1 amide bonds. The van der Waals surface area contributed by atoms with Crippen LogP contribution in [0.2, 0.25) is 0 Å². The number of aromatic nitrogens is 1. The molecular weight excluding hydrogens is 420 g/mol. The number of hydrogen-bond donors (Lipinski definition) is 1. The van der Waals surface area contributed by atoms with Gasteiger partial charge in [0.2, 0.25) is 15.9 Å². The smallest absolute Gasteiger partial charge is 0.244 e. The molecule has 0 radical (unpaired) electrons. The molecule has 1 unspecified atom stereocenters. The molecule has 1 saturated carbocycles. The number of pyridine rings is 1. The molecule has 0 bridgehead atoms. The third-order valence-electron chi connectivity index (χ3n) is 5.31. The standard InChI is InChI=1S/C21H26N4O3S2/c1-24-11-13-25(14-12-24)30(27,28)18-9-10-19(22-15-18)29-20(16-5-3-2-4-6-16)21(26)23-17-7-8-17/h2-6,9-10,15,17,20H,7-8,11-14H2,1H3,(H,23,26). The van der Waals surface area contributed by atoms with Crippen LogP contribution in [0.1, 0.15) is 23.7 Å². The second-order valence-electron chi connectivity index (χ2n) is 7.73. The van der Waals surface area contributed by atoms with E-state index in [1.807, 2.05) is 37.4 Å². The molecule has 1 aromatic heterocycles. The molecule has 1 aliphatic heterocycles. The van der Waals surface area contributed by atoms with E-state index >= 15 is 0 Å². The van der Waals surface area contributed by atoms with Crippen LogP contribution in [-0.2, 0) is 14.8 Å². The highest BCUT2D eigenvalue weighted by molar-refractivity contribution is 8.00. The van der Waals surface area contributed by atoms with Crippen LogP contribution >= 0.6 is 11.8 Å². The first-order chi connectivity index (χ1) is 14.4. The van der Waals surface area contributed by atoms with Crippen molar-refractivity contribution < 1.29 is 13.2 Å². The summed E-state index contributed by atoms with van der Waals surface area (Å²) in [6, 6.07) is 13.1. The van der Waals surface area contributed by atoms with Crippen molar-refractivity contribution in [3.05, 3.63) is 54.2 Å². The molecule has 1 aliphatic carbocycles. The fraction of sp³-hybridized carbons (Fsp3) is 0.429. The summed E-state index contributed by atoms with van der Waals surface area (Å²) < 4.78 is 27.3. The average molecular weight is 447 g/mol. The fourth-order valence-electron chi connectivity index (χ4n) is 3.29. The predicted molar refractivity (Wildman–Crippen MR) is 117 cm³/mol. The average Bonchev–Trinajstić information content (AvgIpc) is 3.57. The number of likely N-dealkylation sites (N-methyl/N-ethyl adjacent to an activating group) is 1. The summed E-state index contributed by atoms with van der Waals surface area (Å²) in [6.07, 6.45) is 3.45. The number of nitrogens with zero attached hydrogens (tertiary/aromatic N) is 3. The van der Waals surface area contributed by atoms with Crippen LogP contribution in [0.3, 0.4) is 0 Å². The van der Waals surface area contributed by atoms with Crippen LogP contribution in [0, 0.1) is 0 Å². The van der Waals surface area contributed by atoms with Gasteiger partial charge < -0.3 is 10.2 Å². The molecule has 2 aromatic rings. The predicted octanol–water partition coefficient (Wildman–Crippen LogP) is 2.13. The summed E-state index contributed by atoms with van der Waals surface area (Å²) in [5, 5.41) is 3.25. The molecule has 7 nitrogen and oxygen atoms in total. The lowest BCUT2D eigenvalue weighted by molar-refractivity contribution is -0.120. The highest BCUT2D eigenvalue weighted by Gasteiger charge is 2.30. The SMILES string of the molecule is CN1CCN(S(=O)(=O)c2ccc(SC(C(=O)NC3CC3)c3ccccc3)nc2)CC1. The first-order valence-electron chi connectivity index (χ1n) is 10.1. The van der Waals surface area contributed by atoms with Crippen molar-refractivity contribution in [3.8, 4) is 0 Å². The summed E-state index contributed by atoms with van der Waals surface area (Å²) in [7, 11) is -1.57. The van der Waals surface area contributed by atoms with Crippen molar-refractivity contribution in [2.75, 3.05) is 33.2 Å². The molecule has 1 atom stereocenters. The van der Waals surface area contributed by atoms with Gasteiger partial charge in [-0.15, -0.1) is 0 Å². The quantitative estimate of drug-likeness (QED) is 0.656. The minimum Gasteiger partial charge on any atom is -0.352 e. The minimum atomic E-state index is -3.55. The molecular formula is C21H26N4O3S2. The molecule has 160 valence electrons. The Balaban J connectivity index is 1.50. The van der Waals surface area contributed by atoms with Gasteiger partial charge in [-0.2, -0.15) is 4.31 Å². The Labute approximate surface area is 181 Å². The van der Waals surface area contributed by atoms with Gasteiger partial charge in [0, 0.05) is 38.4 Å². The Bertz CT molecular complexity index is 971. The Hall–Kier alpha value is -1.94. The summed E-state index contributed by atoms with van der Waals surface area (Å²) in [5.41, 5.74) is 0.900. The summed E-state index contributed by atoms with van der Waals surface area (Å²) in [4.78, 5) is 19.5. The first-order valence-corrected chi connectivity index (χ1v) is 12.4. The maximum absolute atomic E-state index is 12.9. The zero-order valence-corrected chi connectivity index (χ0v) is 18.5. The monoisotopic (exact) mass is 446 g/mol. The van der Waals surface area contributed by atoms with Gasteiger partial charge in [0.05, 0.1) is 5.03 Å². The van der Waals surface area contributed by atoms with Crippen molar-refractivity contribution in [2.45, 2.75) is 34.1 Å². The van der Waals surface area contributed by atoms with Crippen LogP contribution in [0.25, 0.3) is 0 Å². The van der Waals surface area contributed by atoms with E-state index in [9.17, 15) is 13.2 Å². The number of rotatable bonds is 7. The second-order valence-corrected chi connectivity index (χ2v) is 10.8. The van der Waals surface area contributed by atoms with E-state index in [4.69, 9.17) is 0 Å². The van der Waals surface area contributed by atoms with Gasteiger partial charge in [0.15, 0.2) is 0 Å². The molecule has 1 aromatic carbocycles. The molecule has 2 heterocycles. The Morgan fingerprint density at radius 3 is 2.40 bits per heavy atom. The van der Waals surface area contributed by atoms with Crippen molar-refractivity contribution in [2.24, 2.45) is 0 Å². The maximum atomic E-state index is 12.9. The molecule has 2 fully saturated rings. The Morgan fingerprint density at radius 1 is 1.10 bits per heavy atom. The summed E-state index contributed by atoms with van der Waals surface area (Å²) >= 11 is 1.34. The third-order valence-corrected chi connectivity index (χ3v) is 8.40. The number of nitrogens with one attached hydrogen (secondary N) is 1. The van der Waals surface area contributed by atoms with E-state index in [2.05, 4.69) is 15.2 Å². The van der Waals surface area contributed by atoms with Crippen molar-refractivity contribution in [1.82, 2.24) is 19.5 Å². The number of piperazine rings is 1. The van der Waals surface area contributed by atoms with Gasteiger partial charge >= 0.3 is 0 Å². The van der Waals surface area contributed by atoms with E-state index in [0.717, 1.165) is 31.5 Å². The number of carbonyl (C=O) groups is 1. The zero-order chi connectivity index (χ0) is 21.1. The number of thioether (sulfide) groups is 1. The van der Waals surface area contributed by atoms with E-state index in [1.54, 1.807) is 12.1 Å². The largest absolute Gasteiger partial charge is 0.352 e. The first kappa shape index (κ1) is 21.3. The van der Waals surface area contributed by atoms with Crippen LogP contribution in [-0.4, -0.2) is 67.8 Å². The van der Waals surface area contributed by atoms with Gasteiger partial charge in [-0.05, 0) is 37.6 Å². The summed E-state index contributed by atoms with van der Waals surface area (Å²) in [6.45, 7) is 2.39. The van der Waals surface area contributed by atoms with Crippen LogP contribution < -0.4 is 5.32 Å². The number of benzene rings is 1. The molecule has 2 aliphatic rings. The molecule has 9 heteroatoms. The van der Waals surface area contributed by atoms with E-state index < -0.39 is 15.3 Å². The number of amides is 1. The highest BCUT2D eigenvalue weighted by atomic mass is 32.2. The number of carbonyl (C=O) groups excluding carboxylic acids is 1. The van der Waals surface area contributed by atoms with Gasteiger partial charge in [-0.1, -0.05) is 42.1 Å². The molecule has 4 rings (SSSR count). The molecule has 30 heavy (non-hydrogen) atoms. The zero-order valence-electron chi connectivity index (χ0n) is 16.9. The highest BCUT2D eigenvalue weighted by Crippen LogP contribution is 2.35. The number of sulfonamides is 1. The van der Waals surface area contributed by atoms with Crippen molar-refractivity contribution in [1.29, 1.82) is 0 Å². The van der Waals surface area contributed by atoms with Crippen LogP contribution in [0.4, 0.5) is 0 Å². The topological polar surface area (TPSA) is 82.6 Å². The molecule has 1 saturated heterocycles. The van der Waals surface area contributed by atoms with E-state index in [-0.39, 0.29) is 16.8 Å². The lowest BCUT2D eigenvalue weighted by Crippen LogP contribution is -2.47. The molecule has 0 spiro atoms. The van der Waals surface area contributed by atoms with Gasteiger partial charge in [0.1, 0.15) is 10.1 Å². The Kier molecular flexibility index (Phi) is 6.43. The lowest BCUT2D eigenvalue weighted by atomic mass is 10.1. The van der Waals surface area contributed by atoms with Crippen LogP contribution in [0.5, 0.6) is 0 Å². The summed E-state index contributed by atoms with van der Waals surface area (Å²) in [5.74, 6) is -0.0374. The molecule has 1 N–H and O–H groups in total. The normalized spacial score (nSPS) is 19.4. The minimum absolute atomic E-state index is 0.0374. The van der Waals surface area contributed by atoms with Crippen molar-refractivity contribution >= 4 is 27.7 Å². The third kappa shape index (κ3) is 5.03. The van der Waals surface area contributed by atoms with Gasteiger partial charge in [-0.3, -0.25) is 4.79 Å². The second kappa shape index (κ2) is 9.05. The lowest BCUT2D eigenvalue weighted by Gasteiger charge is -2.31. The van der Waals surface area contributed by atoms with E-state index in [0.29, 0.717) is 18.1 Å². The van der Waals surface area contributed by atoms with Gasteiger partial charge in [0.25, 0.3) is 0 Å². The van der Waals surface area contributed by atoms with Gasteiger partial charge in [-0.25, -0.2) is 13.4 Å². The van der Waals surface area contributed by atoms with Crippen molar-refractivity contribution in [3.63, 3.8) is 0 Å². The van der Waals surface area contributed by atoms with E-state index in [1.165, 1.54) is 22.3 Å². The Morgan fingerprint density at radius 2 is 1.80 bits per heavy atom. The van der Waals surface area contributed by atoms with Crippen LogP contribution in [0.15, 0.2) is 58.6 Å².